The van der Waals surface area contributed by atoms with Gasteiger partial charge >= 0.3 is 0 Å². The fourth-order valence-corrected chi connectivity index (χ4v) is 4.13. The molecule has 3 aromatic rings. The summed E-state index contributed by atoms with van der Waals surface area (Å²) in [6, 6.07) is 6.50. The lowest BCUT2D eigenvalue weighted by Gasteiger charge is -2.32. The number of hydrogen-bond acceptors (Lipinski definition) is 6. The smallest absolute Gasteiger partial charge is 0.296 e. The Morgan fingerprint density at radius 1 is 1.15 bits per heavy atom. The number of methoxy groups -OCH3 is 1. The van der Waals surface area contributed by atoms with Crippen molar-refractivity contribution in [2.45, 2.75) is 19.3 Å². The number of benzene rings is 1. The molecule has 1 saturated heterocycles. The summed E-state index contributed by atoms with van der Waals surface area (Å²) in [5, 5.41) is 0. The Morgan fingerprint density at radius 3 is 2.44 bits per heavy atom. The van der Waals surface area contributed by atoms with Crippen LogP contribution in [-0.4, -0.2) is 76.6 Å². The van der Waals surface area contributed by atoms with Crippen LogP contribution in [0.3, 0.4) is 0 Å². The number of likely N-dealkylation sites (N-methyl/N-ethyl adjacent to an activating group) is 1. The molecule has 1 fully saturated rings. The van der Waals surface area contributed by atoms with Gasteiger partial charge in [0.2, 0.25) is 5.88 Å². The number of ether oxygens (including phenoxy) is 1. The molecule has 1 aromatic carbocycles. The van der Waals surface area contributed by atoms with Crippen LogP contribution in [0.25, 0.3) is 11.0 Å². The number of H-pyrrole nitrogens is 1. The summed E-state index contributed by atoms with van der Waals surface area (Å²) < 4.78 is 18.4. The van der Waals surface area contributed by atoms with Crippen molar-refractivity contribution in [2.24, 2.45) is 5.92 Å². The number of ketones is 1. The Bertz CT molecular complexity index is 1230. The van der Waals surface area contributed by atoms with Crippen molar-refractivity contribution in [1.82, 2.24) is 24.8 Å². The molecule has 9 nitrogen and oxygen atoms in total. The fourth-order valence-electron chi connectivity index (χ4n) is 4.13. The number of aromatic nitrogens is 3. The largest absolute Gasteiger partial charge is 0.479 e. The van der Waals surface area contributed by atoms with Gasteiger partial charge in [0, 0.05) is 33.4 Å². The van der Waals surface area contributed by atoms with E-state index in [0.717, 1.165) is 24.8 Å². The Hall–Kier alpha value is -3.82. The van der Waals surface area contributed by atoms with Crippen LogP contribution in [0.5, 0.6) is 5.88 Å². The van der Waals surface area contributed by atoms with Crippen LogP contribution in [0.15, 0.2) is 30.5 Å². The summed E-state index contributed by atoms with van der Waals surface area (Å²) >= 11 is 0. The number of fused-ring (bicyclic) bond motifs is 1. The second-order valence-electron chi connectivity index (χ2n) is 8.57. The molecule has 0 saturated carbocycles. The van der Waals surface area contributed by atoms with Crippen molar-refractivity contribution in [3.8, 4) is 5.88 Å². The Kier molecular flexibility index (Phi) is 6.58. The molecule has 2 amide bonds. The number of nitrogens with zero attached hydrogens (tertiary/aromatic N) is 4. The van der Waals surface area contributed by atoms with Crippen LogP contribution < -0.4 is 4.74 Å². The van der Waals surface area contributed by atoms with Gasteiger partial charge in [-0.2, -0.15) is 0 Å². The lowest BCUT2D eigenvalue weighted by atomic mass is 9.90. The van der Waals surface area contributed by atoms with E-state index in [2.05, 4.69) is 15.0 Å². The van der Waals surface area contributed by atoms with Gasteiger partial charge in [-0.05, 0) is 42.9 Å². The van der Waals surface area contributed by atoms with Gasteiger partial charge < -0.3 is 19.5 Å². The van der Waals surface area contributed by atoms with E-state index in [1.165, 1.54) is 44.4 Å². The third kappa shape index (κ3) is 4.61. The van der Waals surface area contributed by atoms with Gasteiger partial charge in [-0.1, -0.05) is 12.1 Å². The highest BCUT2D eigenvalue weighted by molar-refractivity contribution is 6.44. The average molecular weight is 468 g/mol. The highest BCUT2D eigenvalue weighted by Gasteiger charge is 2.30. The number of nitrogens with one attached hydrogen (secondary N) is 1. The van der Waals surface area contributed by atoms with Crippen LogP contribution in [0.2, 0.25) is 0 Å². The number of halogens is 1. The van der Waals surface area contributed by atoms with Gasteiger partial charge in [-0.3, -0.25) is 14.4 Å². The van der Waals surface area contributed by atoms with Gasteiger partial charge in [0.1, 0.15) is 22.5 Å². The number of likely N-dealkylation sites (tertiary alicyclic amines) is 1. The maximum absolute atomic E-state index is 13.3. The van der Waals surface area contributed by atoms with Crippen LogP contribution in [0.4, 0.5) is 4.39 Å². The second kappa shape index (κ2) is 9.58. The van der Waals surface area contributed by atoms with E-state index in [0.29, 0.717) is 24.5 Å². The predicted octanol–water partition coefficient (Wildman–Crippen LogP) is 2.47. The highest BCUT2D eigenvalue weighted by atomic mass is 19.1. The molecule has 34 heavy (non-hydrogen) atoms. The minimum Gasteiger partial charge on any atom is -0.479 e. The average Bonchev–Trinajstić information content (AvgIpc) is 3.26. The molecule has 0 spiro atoms. The molecule has 4 rings (SSSR count). The molecule has 0 atom stereocenters. The molecule has 1 aliphatic heterocycles. The first kappa shape index (κ1) is 23.3. The first-order valence-corrected chi connectivity index (χ1v) is 11.0. The molecule has 10 heteroatoms. The zero-order valence-corrected chi connectivity index (χ0v) is 19.3. The quantitative estimate of drug-likeness (QED) is 0.441. The maximum atomic E-state index is 13.3. The van der Waals surface area contributed by atoms with E-state index in [4.69, 9.17) is 4.74 Å². The Morgan fingerprint density at radius 2 is 1.82 bits per heavy atom. The maximum Gasteiger partial charge on any atom is 0.296 e. The van der Waals surface area contributed by atoms with Crippen molar-refractivity contribution < 1.29 is 23.5 Å². The third-order valence-corrected chi connectivity index (χ3v) is 6.04. The lowest BCUT2D eigenvalue weighted by molar-refractivity contribution is -0.124. The molecule has 1 N–H and O–H groups in total. The van der Waals surface area contributed by atoms with Crippen molar-refractivity contribution in [1.29, 1.82) is 0 Å². The molecule has 0 bridgehead atoms. The van der Waals surface area contributed by atoms with E-state index in [-0.39, 0.29) is 34.5 Å². The zero-order chi connectivity index (χ0) is 24.4. The van der Waals surface area contributed by atoms with E-state index in [9.17, 15) is 18.8 Å². The van der Waals surface area contributed by atoms with Crippen LogP contribution in [-0.2, 0) is 11.2 Å². The van der Waals surface area contributed by atoms with Gasteiger partial charge in [0.05, 0.1) is 7.11 Å². The predicted molar refractivity (Wildman–Crippen MR) is 122 cm³/mol. The highest BCUT2D eigenvalue weighted by Crippen LogP contribution is 2.26. The van der Waals surface area contributed by atoms with E-state index < -0.39 is 11.7 Å². The monoisotopic (exact) mass is 467 g/mol. The van der Waals surface area contributed by atoms with Gasteiger partial charge in [-0.15, -0.1) is 0 Å². The standard InChI is InChI=1S/C24H26FN5O4/c1-29(2)24(33)21(31)19-18-17(13-26-19)27-22(34-3)20(28-18)23(32)30-10-8-15(9-11-30)12-14-4-6-16(25)7-5-14/h4-7,13,15,26H,8-12H2,1-3H3. The summed E-state index contributed by atoms with van der Waals surface area (Å²) in [5.74, 6) is -1.63. The first-order valence-electron chi connectivity index (χ1n) is 11.0. The number of rotatable bonds is 6. The van der Waals surface area contributed by atoms with Crippen LogP contribution >= 0.6 is 0 Å². The Labute approximate surface area is 195 Å². The van der Waals surface area contributed by atoms with Gasteiger partial charge in [-0.25, -0.2) is 14.4 Å². The van der Waals surface area contributed by atoms with Crippen molar-refractivity contribution in [3.05, 3.63) is 53.2 Å². The molecule has 0 unspecified atom stereocenters. The normalized spacial score (nSPS) is 14.3. The molecule has 0 aliphatic carbocycles. The van der Waals surface area contributed by atoms with Crippen molar-refractivity contribution >= 4 is 28.6 Å². The molecule has 1 aliphatic rings. The molecule has 178 valence electrons. The zero-order valence-electron chi connectivity index (χ0n) is 19.3. The summed E-state index contributed by atoms with van der Waals surface area (Å²) in [6.07, 6.45) is 3.88. The second-order valence-corrected chi connectivity index (χ2v) is 8.57. The summed E-state index contributed by atoms with van der Waals surface area (Å²) in [4.78, 5) is 52.4. The topological polar surface area (TPSA) is 108 Å². The first-order chi connectivity index (χ1) is 16.3. The van der Waals surface area contributed by atoms with Crippen molar-refractivity contribution in [3.63, 3.8) is 0 Å². The lowest BCUT2D eigenvalue weighted by Crippen LogP contribution is -2.39. The molecule has 0 radical (unpaired) electrons. The number of piperidine rings is 1. The van der Waals surface area contributed by atoms with Crippen molar-refractivity contribution in [2.75, 3.05) is 34.3 Å². The Balaban J connectivity index is 1.52. The molecular weight excluding hydrogens is 441 g/mol. The number of carbonyl (C=O) groups is 3. The van der Waals surface area contributed by atoms with Crippen LogP contribution in [0.1, 0.15) is 39.4 Å². The SMILES string of the molecule is COc1nc2c[nH]c(C(=O)C(=O)N(C)C)c2nc1C(=O)N1CCC(Cc2ccc(F)cc2)CC1. The summed E-state index contributed by atoms with van der Waals surface area (Å²) in [5.41, 5.74) is 1.52. The summed E-state index contributed by atoms with van der Waals surface area (Å²) in [7, 11) is 4.36. The number of hydrogen-bond donors (Lipinski definition) is 1. The van der Waals surface area contributed by atoms with Crippen LogP contribution in [0, 0.1) is 11.7 Å². The van der Waals surface area contributed by atoms with Gasteiger partial charge in [0.15, 0.2) is 5.69 Å². The number of Topliss-reactive ketones (excluding diaryl/α,β-unsaturated/α-hetero) is 1. The van der Waals surface area contributed by atoms with E-state index in [1.807, 2.05) is 0 Å². The number of aromatic amines is 1. The molecular formula is C24H26FN5O4. The number of amides is 2. The van der Waals surface area contributed by atoms with Gasteiger partial charge in [0.25, 0.3) is 17.6 Å². The van der Waals surface area contributed by atoms with E-state index in [1.54, 1.807) is 17.0 Å². The number of carbonyl (C=O) groups excluding carboxylic acids is 3. The minimum absolute atomic E-state index is 0.00191. The molecule has 2 aromatic heterocycles. The van der Waals surface area contributed by atoms with E-state index >= 15 is 0 Å². The third-order valence-electron chi connectivity index (χ3n) is 6.04. The summed E-state index contributed by atoms with van der Waals surface area (Å²) in [6.45, 7) is 1.07. The molecule has 3 heterocycles. The fraction of sp³-hybridized carbons (Fsp3) is 0.375. The minimum atomic E-state index is -0.764.